The highest BCUT2D eigenvalue weighted by Crippen LogP contribution is 2.19. The number of amides is 1. The highest BCUT2D eigenvalue weighted by atomic mass is 16.3. The average Bonchev–Trinajstić information content (AvgIpc) is 2.45. The highest BCUT2D eigenvalue weighted by Gasteiger charge is 2.31. The smallest absolute Gasteiger partial charge is 0.223 e. The number of nitrogens with zero attached hydrogens (tertiary/aromatic N) is 1. The predicted molar refractivity (Wildman–Crippen MR) is 43.5 cm³/mol. The van der Waals surface area contributed by atoms with E-state index in [1.54, 1.807) is 11.8 Å². The van der Waals surface area contributed by atoms with Crippen molar-refractivity contribution in [2.24, 2.45) is 5.92 Å². The summed E-state index contributed by atoms with van der Waals surface area (Å²) in [7, 11) is 0. The molecule has 4 nitrogen and oxygen atoms in total. The lowest BCUT2D eigenvalue weighted by molar-refractivity contribution is -0.130. The van der Waals surface area contributed by atoms with Crippen LogP contribution in [0.15, 0.2) is 0 Å². The van der Waals surface area contributed by atoms with E-state index in [-0.39, 0.29) is 31.1 Å². The van der Waals surface area contributed by atoms with Crippen molar-refractivity contribution in [3.63, 3.8) is 0 Å². The Bertz CT molecular complexity index is 172. The molecule has 2 N–H and O–H groups in total. The molecule has 0 aliphatic carbocycles. The molecule has 1 heterocycles. The Labute approximate surface area is 71.8 Å². The number of aliphatic hydroxyl groups excluding tert-OH is 2. The Morgan fingerprint density at radius 1 is 1.67 bits per heavy atom. The van der Waals surface area contributed by atoms with Gasteiger partial charge in [-0.05, 0) is 6.92 Å². The Balaban J connectivity index is 2.51. The van der Waals surface area contributed by atoms with Crippen molar-refractivity contribution in [1.82, 2.24) is 4.90 Å². The third-order valence-corrected chi connectivity index (χ3v) is 2.29. The standard InChI is InChI=1S/C8H15NO3/c1-6(4-10)9-3-7(5-11)2-8(9)12/h6-7,10-11H,2-5H2,1H3/t6-,7?/m0/s1. The molecule has 0 spiro atoms. The quantitative estimate of drug-likeness (QED) is 0.588. The molecule has 0 aromatic carbocycles. The van der Waals surface area contributed by atoms with Crippen LogP contribution >= 0.6 is 0 Å². The summed E-state index contributed by atoms with van der Waals surface area (Å²) in [6.07, 6.45) is 0.418. The van der Waals surface area contributed by atoms with Gasteiger partial charge in [-0.2, -0.15) is 0 Å². The van der Waals surface area contributed by atoms with Crippen LogP contribution in [0.4, 0.5) is 0 Å². The fourth-order valence-electron chi connectivity index (χ4n) is 1.46. The van der Waals surface area contributed by atoms with Gasteiger partial charge in [0.1, 0.15) is 0 Å². The summed E-state index contributed by atoms with van der Waals surface area (Å²) in [4.78, 5) is 12.9. The number of carbonyl (C=O) groups excluding carboxylic acids is 1. The molecule has 1 amide bonds. The van der Waals surface area contributed by atoms with E-state index in [1.807, 2.05) is 0 Å². The zero-order chi connectivity index (χ0) is 9.14. The number of hydrogen-bond acceptors (Lipinski definition) is 3. The minimum atomic E-state index is -0.117. The van der Waals surface area contributed by atoms with Gasteiger partial charge in [-0.15, -0.1) is 0 Å². The average molecular weight is 173 g/mol. The molecule has 1 fully saturated rings. The zero-order valence-electron chi connectivity index (χ0n) is 7.23. The largest absolute Gasteiger partial charge is 0.396 e. The van der Waals surface area contributed by atoms with Crippen LogP contribution in [0.2, 0.25) is 0 Å². The molecular weight excluding hydrogens is 158 g/mol. The lowest BCUT2D eigenvalue weighted by Crippen LogP contribution is -2.36. The maximum atomic E-state index is 11.2. The first-order valence-corrected chi connectivity index (χ1v) is 4.20. The molecule has 12 heavy (non-hydrogen) atoms. The van der Waals surface area contributed by atoms with E-state index in [0.717, 1.165) is 0 Å². The van der Waals surface area contributed by atoms with Gasteiger partial charge in [0.15, 0.2) is 0 Å². The van der Waals surface area contributed by atoms with Crippen molar-refractivity contribution in [3.05, 3.63) is 0 Å². The maximum Gasteiger partial charge on any atom is 0.223 e. The van der Waals surface area contributed by atoms with Crippen LogP contribution in [0.3, 0.4) is 0 Å². The fraction of sp³-hybridized carbons (Fsp3) is 0.875. The molecule has 0 radical (unpaired) electrons. The molecule has 0 aromatic heterocycles. The number of aliphatic hydroxyl groups is 2. The molecule has 2 atom stereocenters. The van der Waals surface area contributed by atoms with Crippen LogP contribution in [0.5, 0.6) is 0 Å². The summed E-state index contributed by atoms with van der Waals surface area (Å²) in [5.41, 5.74) is 0. The fourth-order valence-corrected chi connectivity index (χ4v) is 1.46. The van der Waals surface area contributed by atoms with Gasteiger partial charge in [0.25, 0.3) is 0 Å². The topological polar surface area (TPSA) is 60.8 Å². The van der Waals surface area contributed by atoms with Crippen LogP contribution in [0.25, 0.3) is 0 Å². The Hall–Kier alpha value is -0.610. The summed E-state index contributed by atoms with van der Waals surface area (Å²) < 4.78 is 0. The third-order valence-electron chi connectivity index (χ3n) is 2.29. The second-order valence-electron chi connectivity index (χ2n) is 3.33. The van der Waals surface area contributed by atoms with Crippen LogP contribution in [-0.2, 0) is 4.79 Å². The summed E-state index contributed by atoms with van der Waals surface area (Å²) in [5, 5.41) is 17.6. The van der Waals surface area contributed by atoms with E-state index in [9.17, 15) is 4.79 Å². The third kappa shape index (κ3) is 1.76. The van der Waals surface area contributed by atoms with Crippen molar-refractivity contribution >= 4 is 5.91 Å². The normalized spacial score (nSPS) is 26.4. The van der Waals surface area contributed by atoms with Gasteiger partial charge >= 0.3 is 0 Å². The molecule has 0 aromatic rings. The van der Waals surface area contributed by atoms with Crippen LogP contribution in [-0.4, -0.2) is 46.8 Å². The number of hydrogen-bond donors (Lipinski definition) is 2. The first kappa shape index (κ1) is 9.48. The molecular formula is C8H15NO3. The highest BCUT2D eigenvalue weighted by molar-refractivity contribution is 5.78. The predicted octanol–water partition coefficient (Wildman–Crippen LogP) is -0.792. The molecule has 1 aliphatic heterocycles. The Morgan fingerprint density at radius 2 is 2.33 bits per heavy atom. The summed E-state index contributed by atoms with van der Waals surface area (Å²) in [6.45, 7) is 2.43. The summed E-state index contributed by atoms with van der Waals surface area (Å²) >= 11 is 0. The van der Waals surface area contributed by atoms with Crippen molar-refractivity contribution in [2.75, 3.05) is 19.8 Å². The first-order valence-electron chi connectivity index (χ1n) is 4.20. The van der Waals surface area contributed by atoms with Crippen LogP contribution in [0.1, 0.15) is 13.3 Å². The number of carbonyl (C=O) groups is 1. The van der Waals surface area contributed by atoms with Crippen molar-refractivity contribution < 1.29 is 15.0 Å². The molecule has 0 saturated carbocycles. The molecule has 1 rings (SSSR count). The van der Waals surface area contributed by atoms with E-state index in [1.165, 1.54) is 0 Å². The number of likely N-dealkylation sites (tertiary alicyclic amines) is 1. The van der Waals surface area contributed by atoms with E-state index < -0.39 is 0 Å². The van der Waals surface area contributed by atoms with E-state index in [2.05, 4.69) is 0 Å². The second-order valence-corrected chi connectivity index (χ2v) is 3.33. The van der Waals surface area contributed by atoms with Crippen molar-refractivity contribution in [1.29, 1.82) is 0 Å². The lowest BCUT2D eigenvalue weighted by Gasteiger charge is -2.22. The second kappa shape index (κ2) is 3.87. The van der Waals surface area contributed by atoms with Crippen molar-refractivity contribution in [2.45, 2.75) is 19.4 Å². The van der Waals surface area contributed by atoms with E-state index in [0.29, 0.717) is 13.0 Å². The summed E-state index contributed by atoms with van der Waals surface area (Å²) in [5.74, 6) is 0.0992. The lowest BCUT2D eigenvalue weighted by atomic mass is 10.1. The van der Waals surface area contributed by atoms with Gasteiger partial charge in [-0.3, -0.25) is 4.79 Å². The van der Waals surface area contributed by atoms with Crippen molar-refractivity contribution in [3.8, 4) is 0 Å². The molecule has 1 aliphatic rings. The minimum absolute atomic E-state index is 0.0100. The van der Waals surface area contributed by atoms with Gasteiger partial charge in [0.05, 0.1) is 12.6 Å². The van der Waals surface area contributed by atoms with Crippen LogP contribution in [0, 0.1) is 5.92 Å². The van der Waals surface area contributed by atoms with Gasteiger partial charge in [0.2, 0.25) is 5.91 Å². The van der Waals surface area contributed by atoms with E-state index in [4.69, 9.17) is 10.2 Å². The summed E-state index contributed by atoms with van der Waals surface area (Å²) in [6, 6.07) is -0.117. The zero-order valence-corrected chi connectivity index (χ0v) is 7.23. The molecule has 1 unspecified atom stereocenters. The Kier molecular flexibility index (Phi) is 3.05. The minimum Gasteiger partial charge on any atom is -0.396 e. The maximum absolute atomic E-state index is 11.2. The number of rotatable bonds is 3. The monoisotopic (exact) mass is 173 g/mol. The van der Waals surface area contributed by atoms with E-state index >= 15 is 0 Å². The molecule has 70 valence electrons. The molecule has 0 bridgehead atoms. The first-order chi connectivity index (χ1) is 5.69. The van der Waals surface area contributed by atoms with Gasteiger partial charge in [-0.25, -0.2) is 0 Å². The molecule has 1 saturated heterocycles. The molecule has 4 heteroatoms. The van der Waals surface area contributed by atoms with Crippen LogP contribution < -0.4 is 0 Å². The Morgan fingerprint density at radius 3 is 2.75 bits per heavy atom. The van der Waals surface area contributed by atoms with Gasteiger partial charge in [0, 0.05) is 25.5 Å². The van der Waals surface area contributed by atoms with Gasteiger partial charge in [-0.1, -0.05) is 0 Å². The SMILES string of the molecule is C[C@@H](CO)N1CC(CO)CC1=O. The van der Waals surface area contributed by atoms with Gasteiger partial charge < -0.3 is 15.1 Å².